The molecule has 0 bridgehead atoms. The lowest BCUT2D eigenvalue weighted by Crippen LogP contribution is -2.32. The number of hydrogen-bond acceptors (Lipinski definition) is 5. The zero-order valence-corrected chi connectivity index (χ0v) is 13.9. The van der Waals surface area contributed by atoms with Gasteiger partial charge >= 0.3 is 5.97 Å². The Kier molecular flexibility index (Phi) is 6.35. The molecule has 0 saturated heterocycles. The summed E-state index contributed by atoms with van der Waals surface area (Å²) in [6.07, 6.45) is 0.0727. The molecule has 128 valence electrons. The Hall–Kier alpha value is -2.37. The van der Waals surface area contributed by atoms with Crippen LogP contribution in [0.15, 0.2) is 48.5 Å². The van der Waals surface area contributed by atoms with Crippen LogP contribution in [-0.2, 0) is 11.2 Å². The summed E-state index contributed by atoms with van der Waals surface area (Å²) in [5.74, 6) is -0.796. The van der Waals surface area contributed by atoms with Crippen molar-refractivity contribution in [1.82, 2.24) is 5.32 Å². The van der Waals surface area contributed by atoms with Crippen molar-refractivity contribution in [3.63, 3.8) is 0 Å². The van der Waals surface area contributed by atoms with Gasteiger partial charge in [0, 0.05) is 12.6 Å². The monoisotopic (exact) mass is 329 g/mol. The number of ether oxygens (including phenoxy) is 1. The Labute approximate surface area is 141 Å². The van der Waals surface area contributed by atoms with Gasteiger partial charge < -0.3 is 20.3 Å². The molecular weight excluding hydrogens is 306 g/mol. The number of carbonyl (C=O) groups excluding carboxylic acids is 1. The predicted molar refractivity (Wildman–Crippen MR) is 92.0 cm³/mol. The van der Waals surface area contributed by atoms with E-state index in [0.29, 0.717) is 12.1 Å². The van der Waals surface area contributed by atoms with Crippen molar-refractivity contribution in [1.29, 1.82) is 0 Å². The molecule has 0 amide bonds. The number of rotatable bonds is 7. The van der Waals surface area contributed by atoms with Crippen molar-refractivity contribution < 1.29 is 19.7 Å². The van der Waals surface area contributed by atoms with E-state index < -0.39 is 12.1 Å². The standard InChI is InChI=1S/C19H23NO4/c1-13(10-14-6-4-3-5-7-14)20-12-18(22)15-8-9-17(21)16(11-15)19(23)24-2/h3-9,11,13,18,20-22H,10,12H2,1-2H3/t13-,18+/m1/s1. The van der Waals surface area contributed by atoms with E-state index in [1.807, 2.05) is 18.2 Å². The quantitative estimate of drug-likeness (QED) is 0.680. The van der Waals surface area contributed by atoms with Crippen LogP contribution >= 0.6 is 0 Å². The summed E-state index contributed by atoms with van der Waals surface area (Å²) in [5, 5.41) is 23.3. The van der Waals surface area contributed by atoms with E-state index in [9.17, 15) is 15.0 Å². The minimum Gasteiger partial charge on any atom is -0.507 e. The molecule has 24 heavy (non-hydrogen) atoms. The molecule has 0 aromatic heterocycles. The fraction of sp³-hybridized carbons (Fsp3) is 0.316. The highest BCUT2D eigenvalue weighted by Crippen LogP contribution is 2.23. The second kappa shape index (κ2) is 8.47. The van der Waals surface area contributed by atoms with Crippen LogP contribution in [0.4, 0.5) is 0 Å². The molecule has 2 rings (SSSR count). The summed E-state index contributed by atoms with van der Waals surface area (Å²) in [6, 6.07) is 14.7. The Balaban J connectivity index is 1.94. The average Bonchev–Trinajstić information content (AvgIpc) is 2.60. The smallest absolute Gasteiger partial charge is 0.341 e. The van der Waals surface area contributed by atoms with Gasteiger partial charge in [-0.1, -0.05) is 36.4 Å². The van der Waals surface area contributed by atoms with Crippen molar-refractivity contribution in [2.75, 3.05) is 13.7 Å². The number of aliphatic hydroxyl groups is 1. The molecule has 2 atom stereocenters. The van der Waals surface area contributed by atoms with Crippen molar-refractivity contribution >= 4 is 5.97 Å². The molecule has 0 spiro atoms. The normalized spacial score (nSPS) is 13.3. The predicted octanol–water partition coefficient (Wildman–Crippen LogP) is 2.43. The van der Waals surface area contributed by atoms with E-state index in [2.05, 4.69) is 29.1 Å². The first-order chi connectivity index (χ1) is 11.5. The van der Waals surface area contributed by atoms with E-state index in [1.165, 1.54) is 24.8 Å². The number of aromatic hydroxyl groups is 1. The van der Waals surface area contributed by atoms with E-state index in [-0.39, 0.29) is 17.4 Å². The first kappa shape index (κ1) is 18.0. The van der Waals surface area contributed by atoms with E-state index in [0.717, 1.165) is 6.42 Å². The number of aliphatic hydroxyl groups excluding tert-OH is 1. The molecule has 5 heteroatoms. The van der Waals surface area contributed by atoms with Gasteiger partial charge in [0.15, 0.2) is 0 Å². The summed E-state index contributed by atoms with van der Waals surface area (Å²) in [4.78, 5) is 11.6. The van der Waals surface area contributed by atoms with Gasteiger partial charge in [-0.2, -0.15) is 0 Å². The molecule has 0 radical (unpaired) electrons. The lowest BCUT2D eigenvalue weighted by atomic mass is 10.0. The molecule has 0 aliphatic rings. The Morgan fingerprint density at radius 1 is 1.21 bits per heavy atom. The van der Waals surface area contributed by atoms with Gasteiger partial charge in [-0.05, 0) is 36.6 Å². The molecule has 0 aliphatic heterocycles. The number of methoxy groups -OCH3 is 1. The molecule has 0 unspecified atom stereocenters. The van der Waals surface area contributed by atoms with Crippen LogP contribution in [0.25, 0.3) is 0 Å². The van der Waals surface area contributed by atoms with E-state index >= 15 is 0 Å². The van der Waals surface area contributed by atoms with Crippen molar-refractivity contribution in [2.45, 2.75) is 25.5 Å². The van der Waals surface area contributed by atoms with Gasteiger partial charge in [0.1, 0.15) is 11.3 Å². The number of nitrogens with one attached hydrogen (secondary N) is 1. The van der Waals surface area contributed by atoms with Crippen molar-refractivity contribution in [3.8, 4) is 5.75 Å². The summed E-state index contributed by atoms with van der Waals surface area (Å²) in [6.45, 7) is 2.40. The van der Waals surface area contributed by atoms with Crippen LogP contribution in [0, 0.1) is 0 Å². The molecule has 0 fully saturated rings. The largest absolute Gasteiger partial charge is 0.507 e. The molecule has 0 aliphatic carbocycles. The van der Waals surface area contributed by atoms with Gasteiger partial charge in [0.25, 0.3) is 0 Å². The first-order valence-electron chi connectivity index (χ1n) is 7.88. The van der Waals surface area contributed by atoms with Crippen molar-refractivity contribution in [2.24, 2.45) is 0 Å². The van der Waals surface area contributed by atoms with Crippen LogP contribution in [0.3, 0.4) is 0 Å². The molecule has 3 N–H and O–H groups in total. The third-order valence-corrected chi connectivity index (χ3v) is 3.86. The highest BCUT2D eigenvalue weighted by molar-refractivity contribution is 5.92. The molecule has 2 aromatic carbocycles. The number of phenols is 1. The summed E-state index contributed by atoms with van der Waals surface area (Å²) in [5.41, 5.74) is 1.82. The third kappa shape index (κ3) is 4.81. The molecule has 0 saturated carbocycles. The third-order valence-electron chi connectivity index (χ3n) is 3.86. The minimum absolute atomic E-state index is 0.0476. The van der Waals surface area contributed by atoms with Gasteiger partial charge in [-0.25, -0.2) is 4.79 Å². The van der Waals surface area contributed by atoms with Crippen molar-refractivity contribution in [3.05, 3.63) is 65.2 Å². The molecular formula is C19H23NO4. The van der Waals surface area contributed by atoms with Crippen LogP contribution < -0.4 is 5.32 Å². The molecule has 2 aromatic rings. The maximum Gasteiger partial charge on any atom is 0.341 e. The summed E-state index contributed by atoms with van der Waals surface area (Å²) >= 11 is 0. The zero-order valence-electron chi connectivity index (χ0n) is 13.9. The highest BCUT2D eigenvalue weighted by Gasteiger charge is 2.16. The number of hydrogen-bond donors (Lipinski definition) is 3. The number of benzene rings is 2. The second-order valence-corrected chi connectivity index (χ2v) is 5.78. The van der Waals surface area contributed by atoms with Gasteiger partial charge in [-0.15, -0.1) is 0 Å². The van der Waals surface area contributed by atoms with Crippen LogP contribution in [0.5, 0.6) is 5.75 Å². The fourth-order valence-corrected chi connectivity index (χ4v) is 2.50. The Morgan fingerprint density at radius 2 is 1.92 bits per heavy atom. The zero-order chi connectivity index (χ0) is 17.5. The first-order valence-corrected chi connectivity index (χ1v) is 7.88. The highest BCUT2D eigenvalue weighted by atomic mass is 16.5. The number of carbonyl (C=O) groups is 1. The van der Waals surface area contributed by atoms with Gasteiger partial charge in [0.05, 0.1) is 13.2 Å². The number of esters is 1. The maximum absolute atomic E-state index is 11.6. The summed E-state index contributed by atoms with van der Waals surface area (Å²) < 4.78 is 4.62. The fourth-order valence-electron chi connectivity index (χ4n) is 2.50. The minimum atomic E-state index is -0.785. The molecule has 5 nitrogen and oxygen atoms in total. The topological polar surface area (TPSA) is 78.8 Å². The maximum atomic E-state index is 11.6. The van der Waals surface area contributed by atoms with E-state index in [1.54, 1.807) is 6.07 Å². The summed E-state index contributed by atoms with van der Waals surface area (Å²) in [7, 11) is 1.25. The van der Waals surface area contributed by atoms with Crippen LogP contribution in [-0.4, -0.2) is 35.9 Å². The lowest BCUT2D eigenvalue weighted by Gasteiger charge is -2.18. The second-order valence-electron chi connectivity index (χ2n) is 5.78. The van der Waals surface area contributed by atoms with Crippen LogP contribution in [0.1, 0.15) is 34.5 Å². The average molecular weight is 329 g/mol. The number of phenolic OH excluding ortho intramolecular Hbond substituents is 1. The lowest BCUT2D eigenvalue weighted by molar-refractivity contribution is 0.0597. The Bertz CT molecular complexity index is 672. The van der Waals surface area contributed by atoms with Crippen LogP contribution in [0.2, 0.25) is 0 Å². The molecule has 0 heterocycles. The SMILES string of the molecule is COC(=O)c1cc([C@@H](O)CN[C@H](C)Cc2ccccc2)ccc1O. The van der Waals surface area contributed by atoms with E-state index in [4.69, 9.17) is 0 Å². The van der Waals surface area contributed by atoms with Gasteiger partial charge in [-0.3, -0.25) is 0 Å². The van der Waals surface area contributed by atoms with Gasteiger partial charge in [0.2, 0.25) is 0 Å². The Morgan fingerprint density at radius 3 is 2.58 bits per heavy atom.